The molecule has 10 aromatic rings. The van der Waals surface area contributed by atoms with Crippen LogP contribution in [-0.4, -0.2) is 0 Å². The summed E-state index contributed by atoms with van der Waals surface area (Å²) in [6.07, 6.45) is 0. The second-order valence-corrected chi connectivity index (χ2v) is 13.1. The highest BCUT2D eigenvalue weighted by atomic mass is 16.5. The Balaban J connectivity index is 1.23. The molecule has 0 radical (unpaired) electrons. The Kier molecular flexibility index (Phi) is 5.70. The number of hydrogen-bond acceptors (Lipinski definition) is 2. The molecular weight excluding hydrogens is 609 g/mol. The van der Waals surface area contributed by atoms with E-state index in [1.807, 2.05) is 6.07 Å². The molecule has 1 aliphatic rings. The first-order valence-electron chi connectivity index (χ1n) is 17.1. The number of rotatable bonds is 3. The molecule has 1 aromatic heterocycles. The van der Waals surface area contributed by atoms with Crippen molar-refractivity contribution in [1.82, 2.24) is 0 Å². The van der Waals surface area contributed by atoms with E-state index in [0.717, 1.165) is 61.1 Å². The molecule has 0 aliphatic carbocycles. The monoisotopic (exact) mass is 636 g/mol. The maximum Gasteiger partial charge on any atom is 0.143 e. The van der Waals surface area contributed by atoms with Crippen molar-refractivity contribution in [3.63, 3.8) is 0 Å². The Labute approximate surface area is 288 Å². The van der Waals surface area contributed by atoms with Gasteiger partial charge in [0.15, 0.2) is 0 Å². The van der Waals surface area contributed by atoms with Gasteiger partial charge in [0.25, 0.3) is 0 Å². The summed E-state index contributed by atoms with van der Waals surface area (Å²) in [6, 6.07) is 60.6. The molecule has 0 fully saturated rings. The van der Waals surface area contributed by atoms with Gasteiger partial charge in [0.1, 0.15) is 22.7 Å². The van der Waals surface area contributed by atoms with Gasteiger partial charge in [-0.05, 0) is 67.4 Å². The number of ether oxygens (including phenoxy) is 1. The fraction of sp³-hybridized carbons (Fsp3) is 0. The lowest BCUT2D eigenvalue weighted by molar-refractivity contribution is 0.487. The number of fused-ring (bicyclic) bond motifs is 7. The minimum Gasteiger partial charge on any atom is -0.456 e. The van der Waals surface area contributed by atoms with Crippen LogP contribution in [-0.2, 0) is 0 Å². The highest BCUT2D eigenvalue weighted by Gasteiger charge is 2.25. The molecular formula is C48H28O2. The summed E-state index contributed by atoms with van der Waals surface area (Å²) in [4.78, 5) is 0. The normalized spacial score (nSPS) is 12.2. The molecule has 50 heavy (non-hydrogen) atoms. The van der Waals surface area contributed by atoms with Crippen molar-refractivity contribution < 1.29 is 9.15 Å². The average Bonchev–Trinajstić information content (AvgIpc) is 3.57. The molecule has 0 N–H and O–H groups in total. The maximum absolute atomic E-state index is 6.95. The molecule has 0 amide bonds. The quantitative estimate of drug-likeness (QED) is 0.180. The number of furan rings is 1. The molecule has 11 rings (SSSR count). The standard InChI is InChI=1S/C48H28O2/c1-2-13-29(14-3-1)30-20-10-23-39-40-24-12-25-41(48(40)50-47(30)39)45-35-18-6-4-16-33(35)44(34-17-5-7-19-36(34)45)38-27-28-43-46-32(21-11-22-37(38)46)31-15-8-9-26-42(31)49-43/h1-28H. The van der Waals surface area contributed by atoms with Gasteiger partial charge in [-0.3, -0.25) is 0 Å². The Morgan fingerprint density at radius 1 is 0.280 bits per heavy atom. The predicted molar refractivity (Wildman–Crippen MR) is 208 cm³/mol. The van der Waals surface area contributed by atoms with Crippen molar-refractivity contribution in [2.24, 2.45) is 0 Å². The van der Waals surface area contributed by atoms with E-state index in [1.165, 1.54) is 49.2 Å². The van der Waals surface area contributed by atoms with Crippen LogP contribution in [0.1, 0.15) is 0 Å². The molecule has 1 aliphatic heterocycles. The first kappa shape index (κ1) is 27.3. The smallest absolute Gasteiger partial charge is 0.143 e. The van der Waals surface area contributed by atoms with Gasteiger partial charge in [-0.1, -0.05) is 152 Å². The van der Waals surface area contributed by atoms with Crippen molar-refractivity contribution >= 4 is 54.3 Å². The lowest BCUT2D eigenvalue weighted by Gasteiger charge is -2.24. The van der Waals surface area contributed by atoms with Crippen molar-refractivity contribution in [3.05, 3.63) is 170 Å². The number of para-hydroxylation sites is 3. The summed E-state index contributed by atoms with van der Waals surface area (Å²) in [6.45, 7) is 0. The third-order valence-corrected chi connectivity index (χ3v) is 10.5. The van der Waals surface area contributed by atoms with Crippen LogP contribution >= 0.6 is 0 Å². The van der Waals surface area contributed by atoms with E-state index in [4.69, 9.17) is 9.15 Å². The van der Waals surface area contributed by atoms with Crippen molar-refractivity contribution in [3.8, 4) is 56.0 Å². The highest BCUT2D eigenvalue weighted by molar-refractivity contribution is 6.26. The first-order chi connectivity index (χ1) is 24.8. The summed E-state index contributed by atoms with van der Waals surface area (Å²) in [7, 11) is 0. The lowest BCUT2D eigenvalue weighted by Crippen LogP contribution is -1.98. The second kappa shape index (κ2) is 10.4. The van der Waals surface area contributed by atoms with Gasteiger partial charge < -0.3 is 9.15 Å². The van der Waals surface area contributed by atoms with Gasteiger partial charge in [0, 0.05) is 38.4 Å². The first-order valence-corrected chi connectivity index (χ1v) is 17.1. The molecule has 9 aromatic carbocycles. The predicted octanol–water partition coefficient (Wildman–Crippen LogP) is 13.8. The number of hydrogen-bond donors (Lipinski definition) is 0. The Hall–Kier alpha value is -6.64. The summed E-state index contributed by atoms with van der Waals surface area (Å²) in [5.74, 6) is 1.80. The Morgan fingerprint density at radius 3 is 1.48 bits per heavy atom. The zero-order valence-electron chi connectivity index (χ0n) is 27.0. The molecule has 2 heterocycles. The van der Waals surface area contributed by atoms with E-state index in [-0.39, 0.29) is 0 Å². The fourth-order valence-electron chi connectivity index (χ4n) is 8.37. The Morgan fingerprint density at radius 2 is 0.780 bits per heavy atom. The lowest BCUT2D eigenvalue weighted by atomic mass is 9.83. The maximum atomic E-state index is 6.95. The molecule has 2 nitrogen and oxygen atoms in total. The largest absolute Gasteiger partial charge is 0.456 e. The molecule has 0 saturated heterocycles. The zero-order chi connectivity index (χ0) is 32.8. The van der Waals surface area contributed by atoms with Gasteiger partial charge in [0.05, 0.1) is 0 Å². The van der Waals surface area contributed by atoms with Crippen LogP contribution in [0.2, 0.25) is 0 Å². The van der Waals surface area contributed by atoms with Gasteiger partial charge in [-0.15, -0.1) is 0 Å². The summed E-state index contributed by atoms with van der Waals surface area (Å²) in [5, 5.41) is 9.39. The van der Waals surface area contributed by atoms with Crippen LogP contribution in [0.3, 0.4) is 0 Å². The van der Waals surface area contributed by atoms with Crippen LogP contribution in [0.5, 0.6) is 11.5 Å². The summed E-state index contributed by atoms with van der Waals surface area (Å²) < 4.78 is 13.4. The molecule has 2 heteroatoms. The van der Waals surface area contributed by atoms with Crippen LogP contribution in [0, 0.1) is 0 Å². The van der Waals surface area contributed by atoms with Crippen LogP contribution in [0.15, 0.2) is 174 Å². The van der Waals surface area contributed by atoms with E-state index >= 15 is 0 Å². The average molecular weight is 637 g/mol. The topological polar surface area (TPSA) is 22.4 Å². The molecule has 0 atom stereocenters. The van der Waals surface area contributed by atoms with Crippen molar-refractivity contribution in [2.45, 2.75) is 0 Å². The van der Waals surface area contributed by atoms with E-state index in [0.29, 0.717) is 0 Å². The van der Waals surface area contributed by atoms with Crippen LogP contribution in [0.25, 0.3) is 98.8 Å². The Bertz CT molecular complexity index is 2950. The molecule has 0 unspecified atom stereocenters. The molecule has 232 valence electrons. The van der Waals surface area contributed by atoms with E-state index < -0.39 is 0 Å². The van der Waals surface area contributed by atoms with Crippen molar-refractivity contribution in [2.75, 3.05) is 0 Å². The molecule has 0 spiro atoms. The number of benzene rings is 9. The third kappa shape index (κ3) is 3.79. The van der Waals surface area contributed by atoms with Crippen LogP contribution in [0.4, 0.5) is 0 Å². The van der Waals surface area contributed by atoms with E-state index in [9.17, 15) is 0 Å². The third-order valence-electron chi connectivity index (χ3n) is 10.5. The second-order valence-electron chi connectivity index (χ2n) is 13.1. The van der Waals surface area contributed by atoms with E-state index in [1.54, 1.807) is 0 Å². The molecule has 0 saturated carbocycles. The summed E-state index contributed by atoms with van der Waals surface area (Å²) >= 11 is 0. The van der Waals surface area contributed by atoms with Gasteiger partial charge in [-0.25, -0.2) is 0 Å². The minimum atomic E-state index is 0.898. The fourth-order valence-corrected chi connectivity index (χ4v) is 8.37. The molecule has 0 bridgehead atoms. The summed E-state index contributed by atoms with van der Waals surface area (Å²) in [5.41, 5.74) is 11.1. The minimum absolute atomic E-state index is 0.898. The highest BCUT2D eigenvalue weighted by Crippen LogP contribution is 2.52. The van der Waals surface area contributed by atoms with Crippen molar-refractivity contribution in [1.29, 1.82) is 0 Å². The SMILES string of the molecule is c1ccc(-c2cccc3c2oc2c(-c4c5ccccc5c(-c5ccc6c7c(cccc57)-c5ccccc5O6)c5ccccc45)cccc23)cc1. The van der Waals surface area contributed by atoms with Crippen LogP contribution < -0.4 is 4.74 Å². The van der Waals surface area contributed by atoms with Gasteiger partial charge in [0.2, 0.25) is 0 Å². The van der Waals surface area contributed by atoms with E-state index in [2.05, 4.69) is 164 Å². The van der Waals surface area contributed by atoms with Gasteiger partial charge in [-0.2, -0.15) is 0 Å². The zero-order valence-corrected chi connectivity index (χ0v) is 27.0. The van der Waals surface area contributed by atoms with Gasteiger partial charge >= 0.3 is 0 Å².